The summed E-state index contributed by atoms with van der Waals surface area (Å²) in [6.07, 6.45) is 7.36. The van der Waals surface area contributed by atoms with Crippen LogP contribution in [-0.4, -0.2) is 34.9 Å². The van der Waals surface area contributed by atoms with Gasteiger partial charge in [0.05, 0.1) is 6.10 Å². The monoisotopic (exact) mass is 293 g/mol. The number of nitrogens with one attached hydrogen (secondary N) is 1. The number of hydrogen-bond donors (Lipinski definition) is 1. The minimum absolute atomic E-state index is 0.229. The van der Waals surface area contributed by atoms with Crippen molar-refractivity contribution < 1.29 is 9.53 Å². The second-order valence-corrected chi connectivity index (χ2v) is 5.42. The van der Waals surface area contributed by atoms with E-state index in [1.165, 1.54) is 38.4 Å². The minimum atomic E-state index is -0.261. The minimum Gasteiger partial charge on any atom is -0.378 e. The molecule has 1 fully saturated rings. The molecule has 2 rings (SSSR count). The third kappa shape index (κ3) is 4.97. The second kappa shape index (κ2) is 7.93. The molecule has 1 aliphatic carbocycles. The van der Waals surface area contributed by atoms with E-state index in [0.717, 1.165) is 23.9 Å². The molecule has 1 saturated carbocycles. The van der Waals surface area contributed by atoms with Crippen LogP contribution in [0.2, 0.25) is 0 Å². The molecular weight excluding hydrogens is 270 g/mol. The van der Waals surface area contributed by atoms with Crippen LogP contribution in [0.15, 0.2) is 16.9 Å². The van der Waals surface area contributed by atoms with E-state index in [0.29, 0.717) is 19.3 Å². The van der Waals surface area contributed by atoms with Crippen molar-refractivity contribution >= 4 is 5.91 Å². The van der Waals surface area contributed by atoms with Crippen molar-refractivity contribution in [3.63, 3.8) is 0 Å². The molecule has 0 radical (unpaired) electrons. The molecule has 21 heavy (non-hydrogen) atoms. The highest BCUT2D eigenvalue weighted by molar-refractivity contribution is 5.91. The van der Waals surface area contributed by atoms with Gasteiger partial charge < -0.3 is 10.1 Å². The van der Waals surface area contributed by atoms with E-state index in [1.807, 2.05) is 0 Å². The fourth-order valence-corrected chi connectivity index (χ4v) is 2.47. The predicted molar refractivity (Wildman–Crippen MR) is 79.3 cm³/mol. The number of aryl methyl sites for hydroxylation is 1. The van der Waals surface area contributed by atoms with Crippen LogP contribution in [-0.2, 0) is 11.8 Å². The van der Waals surface area contributed by atoms with Gasteiger partial charge in [0.2, 0.25) is 0 Å². The van der Waals surface area contributed by atoms with E-state index in [2.05, 4.69) is 10.4 Å². The molecule has 1 N–H and O–H groups in total. The summed E-state index contributed by atoms with van der Waals surface area (Å²) in [6, 6.07) is 2.78. The van der Waals surface area contributed by atoms with Crippen molar-refractivity contribution in [1.82, 2.24) is 15.1 Å². The van der Waals surface area contributed by atoms with Crippen molar-refractivity contribution in [3.05, 3.63) is 28.2 Å². The summed E-state index contributed by atoms with van der Waals surface area (Å²) in [4.78, 5) is 23.0. The number of carbonyl (C=O) groups is 1. The van der Waals surface area contributed by atoms with Crippen molar-refractivity contribution in [2.24, 2.45) is 7.05 Å². The molecule has 1 heterocycles. The Hall–Kier alpha value is -1.69. The Morgan fingerprint density at radius 1 is 1.38 bits per heavy atom. The summed E-state index contributed by atoms with van der Waals surface area (Å²) < 4.78 is 6.95. The Morgan fingerprint density at radius 2 is 2.14 bits per heavy atom. The van der Waals surface area contributed by atoms with Gasteiger partial charge >= 0.3 is 0 Å². The molecule has 6 heteroatoms. The lowest BCUT2D eigenvalue weighted by atomic mass is 9.98. The van der Waals surface area contributed by atoms with Gasteiger partial charge in [0.25, 0.3) is 11.5 Å². The Labute approximate surface area is 124 Å². The maximum absolute atomic E-state index is 11.8. The Bertz CT molecular complexity index is 521. The van der Waals surface area contributed by atoms with Crippen LogP contribution in [0.4, 0.5) is 0 Å². The van der Waals surface area contributed by atoms with E-state index in [4.69, 9.17) is 4.74 Å². The summed E-state index contributed by atoms with van der Waals surface area (Å²) in [5.41, 5.74) is 0.0257. The molecule has 116 valence electrons. The molecule has 0 unspecified atom stereocenters. The van der Waals surface area contributed by atoms with E-state index in [1.54, 1.807) is 0 Å². The van der Waals surface area contributed by atoms with Gasteiger partial charge in [0.1, 0.15) is 5.69 Å². The maximum atomic E-state index is 11.8. The Balaban J connectivity index is 1.64. The van der Waals surface area contributed by atoms with E-state index >= 15 is 0 Å². The summed E-state index contributed by atoms with van der Waals surface area (Å²) in [7, 11) is 1.52. The van der Waals surface area contributed by atoms with Gasteiger partial charge in [-0.3, -0.25) is 9.59 Å². The molecule has 1 aromatic rings. The summed E-state index contributed by atoms with van der Waals surface area (Å²) in [5.74, 6) is -0.261. The number of rotatable bonds is 6. The normalized spacial score (nSPS) is 15.9. The molecule has 1 amide bonds. The first-order chi connectivity index (χ1) is 10.2. The zero-order valence-electron chi connectivity index (χ0n) is 12.5. The zero-order chi connectivity index (χ0) is 15.1. The first-order valence-corrected chi connectivity index (χ1v) is 7.61. The van der Waals surface area contributed by atoms with E-state index in [9.17, 15) is 9.59 Å². The van der Waals surface area contributed by atoms with Gasteiger partial charge in [0.15, 0.2) is 0 Å². The van der Waals surface area contributed by atoms with Crippen molar-refractivity contribution in [2.45, 2.75) is 44.6 Å². The van der Waals surface area contributed by atoms with E-state index in [-0.39, 0.29) is 17.2 Å². The lowest BCUT2D eigenvalue weighted by Gasteiger charge is -2.21. The van der Waals surface area contributed by atoms with Crippen LogP contribution in [0, 0.1) is 0 Å². The van der Waals surface area contributed by atoms with Crippen LogP contribution < -0.4 is 10.9 Å². The average Bonchev–Trinajstić information content (AvgIpc) is 2.50. The number of amides is 1. The molecule has 0 aliphatic heterocycles. The van der Waals surface area contributed by atoms with Gasteiger partial charge in [-0.2, -0.15) is 5.10 Å². The number of nitrogens with zero attached hydrogens (tertiary/aromatic N) is 2. The smallest absolute Gasteiger partial charge is 0.271 e. The Morgan fingerprint density at radius 3 is 2.86 bits per heavy atom. The molecule has 0 bridgehead atoms. The topological polar surface area (TPSA) is 73.2 Å². The van der Waals surface area contributed by atoms with Crippen LogP contribution in [0.5, 0.6) is 0 Å². The Kier molecular flexibility index (Phi) is 5.92. The quantitative estimate of drug-likeness (QED) is 0.801. The summed E-state index contributed by atoms with van der Waals surface area (Å²) in [5, 5.41) is 6.69. The van der Waals surface area contributed by atoms with E-state index < -0.39 is 0 Å². The highest BCUT2D eigenvalue weighted by Crippen LogP contribution is 2.20. The fourth-order valence-electron chi connectivity index (χ4n) is 2.47. The first-order valence-electron chi connectivity index (χ1n) is 7.61. The van der Waals surface area contributed by atoms with Crippen LogP contribution >= 0.6 is 0 Å². The average molecular weight is 293 g/mol. The molecule has 6 nitrogen and oxygen atoms in total. The molecular formula is C15H23N3O3. The standard InChI is InChI=1S/C15H23N3O3/c1-18-14(19)9-8-13(17-18)15(20)16-10-5-11-21-12-6-3-2-4-7-12/h8-9,12H,2-7,10-11H2,1H3,(H,16,20). The molecule has 0 aromatic carbocycles. The highest BCUT2D eigenvalue weighted by atomic mass is 16.5. The van der Waals surface area contributed by atoms with Crippen molar-refractivity contribution in [2.75, 3.05) is 13.2 Å². The zero-order valence-corrected chi connectivity index (χ0v) is 12.5. The fraction of sp³-hybridized carbons (Fsp3) is 0.667. The predicted octanol–water partition coefficient (Wildman–Crippen LogP) is 1.25. The van der Waals surface area contributed by atoms with Crippen LogP contribution in [0.25, 0.3) is 0 Å². The van der Waals surface area contributed by atoms with Gasteiger partial charge in [-0.25, -0.2) is 4.68 Å². The molecule has 0 saturated heterocycles. The summed E-state index contributed by atoms with van der Waals surface area (Å²) in [6.45, 7) is 1.22. The molecule has 1 aliphatic rings. The largest absolute Gasteiger partial charge is 0.378 e. The number of ether oxygens (including phenoxy) is 1. The lowest BCUT2D eigenvalue weighted by molar-refractivity contribution is 0.0273. The summed E-state index contributed by atoms with van der Waals surface area (Å²) >= 11 is 0. The highest BCUT2D eigenvalue weighted by Gasteiger charge is 2.13. The molecule has 1 aromatic heterocycles. The van der Waals surface area contributed by atoms with Crippen molar-refractivity contribution in [3.8, 4) is 0 Å². The van der Waals surface area contributed by atoms with Gasteiger partial charge in [-0.1, -0.05) is 19.3 Å². The maximum Gasteiger partial charge on any atom is 0.271 e. The van der Waals surface area contributed by atoms with Crippen molar-refractivity contribution in [1.29, 1.82) is 0 Å². The van der Waals surface area contributed by atoms with Crippen LogP contribution in [0.3, 0.4) is 0 Å². The SMILES string of the molecule is Cn1nc(C(=O)NCCCOC2CCCCC2)ccc1=O. The molecule has 0 spiro atoms. The van der Waals surface area contributed by atoms with Gasteiger partial charge in [-0.05, 0) is 25.3 Å². The van der Waals surface area contributed by atoms with Gasteiger partial charge in [0, 0.05) is 26.3 Å². The van der Waals surface area contributed by atoms with Gasteiger partial charge in [-0.15, -0.1) is 0 Å². The number of hydrogen-bond acceptors (Lipinski definition) is 4. The first kappa shape index (κ1) is 15.7. The third-order valence-corrected chi connectivity index (χ3v) is 3.71. The second-order valence-electron chi connectivity index (χ2n) is 5.42. The third-order valence-electron chi connectivity index (χ3n) is 3.71. The number of aromatic nitrogens is 2. The van der Waals surface area contributed by atoms with Crippen LogP contribution in [0.1, 0.15) is 49.0 Å². The molecule has 0 atom stereocenters. The lowest BCUT2D eigenvalue weighted by Crippen LogP contribution is -2.29. The number of carbonyl (C=O) groups excluding carboxylic acids is 1.